The number of ether oxygens (including phenoxy) is 1. The van der Waals surface area contributed by atoms with E-state index >= 15 is 0 Å². The van der Waals surface area contributed by atoms with E-state index in [1.807, 2.05) is 5.32 Å². The molecule has 3 amide bonds. The minimum atomic E-state index is -1.15. The topological polar surface area (TPSA) is 98.5 Å². The molecule has 0 saturated carbocycles. The number of amides is 3. The van der Waals surface area contributed by atoms with Gasteiger partial charge in [-0.15, -0.1) is 0 Å². The molecule has 1 atom stereocenters. The van der Waals surface area contributed by atoms with Crippen LogP contribution in [0.4, 0.5) is 4.79 Å². The van der Waals surface area contributed by atoms with Crippen LogP contribution in [-0.2, 0) is 9.53 Å². The van der Waals surface area contributed by atoms with Gasteiger partial charge in [0.2, 0.25) is 0 Å². The van der Waals surface area contributed by atoms with Gasteiger partial charge in [-0.3, -0.25) is 10.1 Å². The highest BCUT2D eigenvalue weighted by molar-refractivity contribution is 9.10. The van der Waals surface area contributed by atoms with Crippen molar-refractivity contribution in [3.63, 3.8) is 0 Å². The molecule has 0 aliphatic heterocycles. The number of imide groups is 1. The van der Waals surface area contributed by atoms with E-state index in [-0.39, 0.29) is 16.5 Å². The number of carbonyl (C=O) groups is 3. The van der Waals surface area contributed by atoms with Crippen LogP contribution in [0, 0.1) is 5.92 Å². The first kappa shape index (κ1) is 17.5. The van der Waals surface area contributed by atoms with Gasteiger partial charge in [0.1, 0.15) is 0 Å². The van der Waals surface area contributed by atoms with Crippen molar-refractivity contribution in [2.24, 2.45) is 11.7 Å². The summed E-state index contributed by atoms with van der Waals surface area (Å²) < 4.78 is 5.77. The largest absolute Gasteiger partial charge is 0.448 e. The first-order valence-corrected chi connectivity index (χ1v) is 7.15. The van der Waals surface area contributed by atoms with Crippen LogP contribution in [0.5, 0.6) is 0 Å². The fourth-order valence-corrected chi connectivity index (χ4v) is 2.07. The third kappa shape index (κ3) is 5.02. The van der Waals surface area contributed by atoms with Crippen molar-refractivity contribution in [1.29, 1.82) is 0 Å². The minimum absolute atomic E-state index is 0.114. The second-order valence-corrected chi connectivity index (χ2v) is 5.87. The highest BCUT2D eigenvalue weighted by Gasteiger charge is 2.28. The van der Waals surface area contributed by atoms with Crippen LogP contribution in [0.3, 0.4) is 0 Å². The van der Waals surface area contributed by atoms with Gasteiger partial charge in [-0.25, -0.2) is 9.59 Å². The van der Waals surface area contributed by atoms with Gasteiger partial charge >= 0.3 is 12.0 Å². The van der Waals surface area contributed by atoms with E-state index in [9.17, 15) is 14.4 Å². The Morgan fingerprint density at radius 2 is 1.95 bits per heavy atom. The number of benzene rings is 1. The fourth-order valence-electron chi connectivity index (χ4n) is 1.52. The van der Waals surface area contributed by atoms with E-state index in [1.54, 1.807) is 19.9 Å². The second kappa shape index (κ2) is 7.42. The number of urea groups is 1. The third-order valence-electron chi connectivity index (χ3n) is 2.49. The molecule has 0 spiro atoms. The van der Waals surface area contributed by atoms with Gasteiger partial charge in [0, 0.05) is 4.47 Å². The Morgan fingerprint density at radius 1 is 1.33 bits per heavy atom. The second-order valence-electron chi connectivity index (χ2n) is 4.55. The standard InChI is InChI=1S/C13H14BrClN2O4/c1-6(2)10(11(18)17-13(16)20)21-12(19)8-5-7(14)3-4-9(8)15/h3-6,10H,1-2H3,(H3,16,17,18,20)/t10-/m0/s1. The summed E-state index contributed by atoms with van der Waals surface area (Å²) in [6.45, 7) is 3.34. The van der Waals surface area contributed by atoms with Crippen molar-refractivity contribution in [2.45, 2.75) is 20.0 Å². The molecule has 0 radical (unpaired) electrons. The smallest absolute Gasteiger partial charge is 0.340 e. The number of primary amides is 1. The summed E-state index contributed by atoms with van der Waals surface area (Å²) in [6, 6.07) is 3.66. The number of nitrogens with one attached hydrogen (secondary N) is 1. The van der Waals surface area contributed by atoms with Crippen molar-refractivity contribution in [3.05, 3.63) is 33.3 Å². The monoisotopic (exact) mass is 376 g/mol. The van der Waals surface area contributed by atoms with Crippen molar-refractivity contribution in [1.82, 2.24) is 5.32 Å². The van der Waals surface area contributed by atoms with Gasteiger partial charge in [0.25, 0.3) is 5.91 Å². The molecule has 0 unspecified atom stereocenters. The lowest BCUT2D eigenvalue weighted by Gasteiger charge is -2.20. The van der Waals surface area contributed by atoms with Gasteiger partial charge < -0.3 is 10.5 Å². The van der Waals surface area contributed by atoms with Crippen molar-refractivity contribution in [3.8, 4) is 0 Å². The van der Waals surface area contributed by atoms with E-state index < -0.39 is 24.0 Å². The maximum absolute atomic E-state index is 12.1. The van der Waals surface area contributed by atoms with Crippen LogP contribution >= 0.6 is 27.5 Å². The number of rotatable bonds is 4. The van der Waals surface area contributed by atoms with E-state index in [1.165, 1.54) is 12.1 Å². The molecule has 1 aromatic rings. The third-order valence-corrected chi connectivity index (χ3v) is 3.32. The van der Waals surface area contributed by atoms with Crippen LogP contribution in [-0.4, -0.2) is 24.0 Å². The van der Waals surface area contributed by atoms with Gasteiger partial charge in [0.05, 0.1) is 10.6 Å². The molecule has 0 aromatic heterocycles. The molecule has 0 saturated heterocycles. The van der Waals surface area contributed by atoms with Crippen LogP contribution < -0.4 is 11.1 Å². The van der Waals surface area contributed by atoms with Crippen molar-refractivity contribution in [2.75, 3.05) is 0 Å². The Balaban J connectivity index is 2.93. The van der Waals surface area contributed by atoms with E-state index in [0.29, 0.717) is 4.47 Å². The number of nitrogens with two attached hydrogens (primary N) is 1. The van der Waals surface area contributed by atoms with Gasteiger partial charge in [-0.1, -0.05) is 41.4 Å². The quantitative estimate of drug-likeness (QED) is 0.787. The highest BCUT2D eigenvalue weighted by Crippen LogP contribution is 2.23. The molecule has 3 N–H and O–H groups in total. The molecule has 0 fully saturated rings. The Kier molecular flexibility index (Phi) is 6.17. The Labute approximate surface area is 135 Å². The molecular formula is C13H14BrClN2O4. The number of carbonyl (C=O) groups excluding carboxylic acids is 3. The lowest BCUT2D eigenvalue weighted by Crippen LogP contribution is -2.45. The summed E-state index contributed by atoms with van der Waals surface area (Å²) in [5, 5.41) is 2.08. The molecule has 0 aliphatic rings. The zero-order chi connectivity index (χ0) is 16.2. The summed E-state index contributed by atoms with van der Waals surface area (Å²) in [6.07, 6.45) is -1.15. The predicted octanol–water partition coefficient (Wildman–Crippen LogP) is 2.48. The van der Waals surface area contributed by atoms with E-state index in [0.717, 1.165) is 0 Å². The Hall–Kier alpha value is -1.60. The number of hydrogen-bond acceptors (Lipinski definition) is 4. The molecule has 6 nitrogen and oxygen atoms in total. The number of halogens is 2. The maximum Gasteiger partial charge on any atom is 0.340 e. The highest BCUT2D eigenvalue weighted by atomic mass is 79.9. The SMILES string of the molecule is CC(C)[C@H](OC(=O)c1cc(Br)ccc1Cl)C(=O)NC(N)=O. The normalized spacial score (nSPS) is 11.9. The predicted molar refractivity (Wildman–Crippen MR) is 80.9 cm³/mol. The average molecular weight is 378 g/mol. The molecule has 0 bridgehead atoms. The molecule has 8 heteroatoms. The first-order chi connectivity index (χ1) is 9.72. The Bertz CT molecular complexity index is 577. The fraction of sp³-hybridized carbons (Fsp3) is 0.308. The van der Waals surface area contributed by atoms with Crippen LogP contribution in [0.1, 0.15) is 24.2 Å². The zero-order valence-corrected chi connectivity index (χ0v) is 13.7. The first-order valence-electron chi connectivity index (χ1n) is 5.98. The van der Waals surface area contributed by atoms with Gasteiger partial charge in [-0.2, -0.15) is 0 Å². The summed E-state index contributed by atoms with van der Waals surface area (Å²) >= 11 is 9.14. The molecule has 1 rings (SSSR count). The summed E-state index contributed by atoms with van der Waals surface area (Å²) in [5.74, 6) is -1.89. The van der Waals surface area contributed by atoms with Gasteiger partial charge in [0.15, 0.2) is 6.10 Å². The Morgan fingerprint density at radius 3 is 2.48 bits per heavy atom. The molecule has 0 aliphatic carbocycles. The van der Waals surface area contributed by atoms with Crippen LogP contribution in [0.2, 0.25) is 5.02 Å². The molecular weight excluding hydrogens is 364 g/mol. The van der Waals surface area contributed by atoms with Gasteiger partial charge in [-0.05, 0) is 24.1 Å². The lowest BCUT2D eigenvalue weighted by atomic mass is 10.1. The van der Waals surface area contributed by atoms with Crippen molar-refractivity contribution >= 4 is 45.4 Å². The van der Waals surface area contributed by atoms with Crippen molar-refractivity contribution < 1.29 is 19.1 Å². The molecule has 0 heterocycles. The lowest BCUT2D eigenvalue weighted by molar-refractivity contribution is -0.130. The van der Waals surface area contributed by atoms with Crippen LogP contribution in [0.25, 0.3) is 0 Å². The maximum atomic E-state index is 12.1. The number of esters is 1. The van der Waals surface area contributed by atoms with E-state index in [4.69, 9.17) is 22.1 Å². The number of hydrogen-bond donors (Lipinski definition) is 2. The van der Waals surface area contributed by atoms with E-state index in [2.05, 4.69) is 15.9 Å². The summed E-state index contributed by atoms with van der Waals surface area (Å²) in [4.78, 5) is 34.6. The summed E-state index contributed by atoms with van der Waals surface area (Å²) in [7, 11) is 0. The molecule has 21 heavy (non-hydrogen) atoms. The molecule has 114 valence electrons. The minimum Gasteiger partial charge on any atom is -0.448 e. The average Bonchev–Trinajstić information content (AvgIpc) is 2.37. The van der Waals surface area contributed by atoms with Crippen LogP contribution in [0.15, 0.2) is 22.7 Å². The molecule has 1 aromatic carbocycles. The summed E-state index contributed by atoms with van der Waals surface area (Å²) in [5.41, 5.74) is 4.99. The zero-order valence-electron chi connectivity index (χ0n) is 11.4.